The summed E-state index contributed by atoms with van der Waals surface area (Å²) in [4.78, 5) is 4.54. The summed E-state index contributed by atoms with van der Waals surface area (Å²) in [7, 11) is 0. The van der Waals surface area contributed by atoms with Crippen LogP contribution in [0.5, 0.6) is 0 Å². The van der Waals surface area contributed by atoms with Crippen LogP contribution in [0.4, 0.5) is 4.39 Å². The Hall–Kier alpha value is -2.94. The van der Waals surface area contributed by atoms with Gasteiger partial charge in [0, 0.05) is 5.56 Å². The van der Waals surface area contributed by atoms with Crippen LogP contribution in [0.3, 0.4) is 0 Å². The first kappa shape index (κ1) is 14.6. The van der Waals surface area contributed by atoms with Crippen molar-refractivity contribution in [2.24, 2.45) is 0 Å². The van der Waals surface area contributed by atoms with Crippen LogP contribution < -0.4 is 0 Å². The normalized spacial score (nSPS) is 11.1. The lowest BCUT2D eigenvalue weighted by Crippen LogP contribution is -2.04. The monoisotopic (exact) mass is 316 g/mol. The second-order valence-electron chi connectivity index (χ2n) is 5.91. The molecule has 1 aromatic heterocycles. The SMILES string of the molecule is Cc1nc2ccccc2n1Cc1ccc(-c2ccccc2)cc1F. The molecule has 3 aromatic carbocycles. The van der Waals surface area contributed by atoms with Gasteiger partial charge in [-0.05, 0) is 36.2 Å². The van der Waals surface area contributed by atoms with E-state index in [1.807, 2.05) is 73.7 Å². The Morgan fingerprint density at radius 1 is 0.875 bits per heavy atom. The molecular formula is C21H17FN2. The maximum atomic E-state index is 14.6. The van der Waals surface area contributed by atoms with Gasteiger partial charge in [0.2, 0.25) is 0 Å². The van der Waals surface area contributed by atoms with Crippen LogP contribution in [0.2, 0.25) is 0 Å². The third-order valence-corrected chi connectivity index (χ3v) is 4.33. The summed E-state index contributed by atoms with van der Waals surface area (Å²) < 4.78 is 16.7. The van der Waals surface area contributed by atoms with Gasteiger partial charge >= 0.3 is 0 Å². The Morgan fingerprint density at radius 2 is 1.62 bits per heavy atom. The minimum atomic E-state index is -0.187. The van der Waals surface area contributed by atoms with E-state index in [-0.39, 0.29) is 5.82 Å². The average Bonchev–Trinajstić information content (AvgIpc) is 2.93. The lowest BCUT2D eigenvalue weighted by molar-refractivity contribution is 0.600. The maximum Gasteiger partial charge on any atom is 0.128 e. The molecule has 0 fully saturated rings. The lowest BCUT2D eigenvalue weighted by atomic mass is 10.0. The summed E-state index contributed by atoms with van der Waals surface area (Å²) in [5, 5.41) is 0. The summed E-state index contributed by atoms with van der Waals surface area (Å²) in [6.45, 7) is 2.43. The minimum absolute atomic E-state index is 0.187. The standard InChI is InChI=1S/C21H17FN2/c1-15-23-20-9-5-6-10-21(20)24(15)14-18-12-11-17(13-19(18)22)16-7-3-2-4-8-16/h2-13H,14H2,1H3. The van der Waals surface area contributed by atoms with Gasteiger partial charge < -0.3 is 4.57 Å². The van der Waals surface area contributed by atoms with Crippen molar-refractivity contribution < 1.29 is 4.39 Å². The van der Waals surface area contributed by atoms with Gasteiger partial charge in [-0.2, -0.15) is 0 Å². The molecule has 0 unspecified atom stereocenters. The number of hydrogen-bond acceptors (Lipinski definition) is 1. The second kappa shape index (κ2) is 5.93. The zero-order valence-electron chi connectivity index (χ0n) is 13.4. The van der Waals surface area contributed by atoms with E-state index in [2.05, 4.69) is 9.55 Å². The third-order valence-electron chi connectivity index (χ3n) is 4.33. The van der Waals surface area contributed by atoms with Crippen molar-refractivity contribution in [1.29, 1.82) is 0 Å². The summed E-state index contributed by atoms with van der Waals surface area (Å²) in [5.74, 6) is 0.705. The number of imidazole rings is 1. The number of aromatic nitrogens is 2. The number of halogens is 1. The largest absolute Gasteiger partial charge is 0.324 e. The molecule has 0 spiro atoms. The fraction of sp³-hybridized carbons (Fsp3) is 0.0952. The number of aryl methyl sites for hydroxylation is 1. The smallest absolute Gasteiger partial charge is 0.128 e. The third kappa shape index (κ3) is 2.58. The molecule has 0 saturated heterocycles. The van der Waals surface area contributed by atoms with Crippen molar-refractivity contribution >= 4 is 11.0 Å². The van der Waals surface area contributed by atoms with E-state index in [1.165, 1.54) is 0 Å². The van der Waals surface area contributed by atoms with Gasteiger partial charge in [-0.1, -0.05) is 54.6 Å². The van der Waals surface area contributed by atoms with Crippen LogP contribution in [0.1, 0.15) is 11.4 Å². The zero-order chi connectivity index (χ0) is 16.5. The van der Waals surface area contributed by atoms with Crippen molar-refractivity contribution in [3.63, 3.8) is 0 Å². The van der Waals surface area contributed by atoms with Gasteiger partial charge in [0.1, 0.15) is 11.6 Å². The van der Waals surface area contributed by atoms with Gasteiger partial charge in [-0.15, -0.1) is 0 Å². The van der Waals surface area contributed by atoms with E-state index >= 15 is 0 Å². The highest BCUT2D eigenvalue weighted by molar-refractivity contribution is 5.76. The second-order valence-corrected chi connectivity index (χ2v) is 5.91. The molecule has 0 aliphatic rings. The number of benzene rings is 3. The van der Waals surface area contributed by atoms with Crippen molar-refractivity contribution in [3.8, 4) is 11.1 Å². The number of para-hydroxylation sites is 2. The molecule has 0 aliphatic carbocycles. The number of nitrogens with zero attached hydrogens (tertiary/aromatic N) is 2. The van der Waals surface area contributed by atoms with E-state index in [4.69, 9.17) is 0 Å². The molecule has 0 aliphatic heterocycles. The fourth-order valence-corrected chi connectivity index (χ4v) is 3.05. The fourth-order valence-electron chi connectivity index (χ4n) is 3.05. The van der Waals surface area contributed by atoms with Crippen LogP contribution in [0, 0.1) is 12.7 Å². The number of hydrogen-bond donors (Lipinski definition) is 0. The number of fused-ring (bicyclic) bond motifs is 1. The molecule has 0 saturated carbocycles. The summed E-state index contributed by atoms with van der Waals surface area (Å²) in [6, 6.07) is 23.3. The Bertz CT molecular complexity index is 1000. The zero-order valence-corrected chi connectivity index (χ0v) is 13.4. The van der Waals surface area contributed by atoms with E-state index in [9.17, 15) is 4.39 Å². The molecular weight excluding hydrogens is 299 g/mol. The average molecular weight is 316 g/mol. The first-order chi connectivity index (χ1) is 11.7. The topological polar surface area (TPSA) is 17.8 Å². The van der Waals surface area contributed by atoms with Crippen molar-refractivity contribution in [2.45, 2.75) is 13.5 Å². The molecule has 0 radical (unpaired) electrons. The van der Waals surface area contributed by atoms with E-state index in [0.29, 0.717) is 12.1 Å². The highest BCUT2D eigenvalue weighted by Gasteiger charge is 2.10. The molecule has 0 N–H and O–H groups in total. The Kier molecular flexibility index (Phi) is 3.62. The quantitative estimate of drug-likeness (QED) is 0.508. The predicted octanol–water partition coefficient (Wildman–Crippen LogP) is 5.20. The van der Waals surface area contributed by atoms with E-state index in [0.717, 1.165) is 28.0 Å². The first-order valence-electron chi connectivity index (χ1n) is 7.98. The highest BCUT2D eigenvalue weighted by Crippen LogP contribution is 2.24. The van der Waals surface area contributed by atoms with Gasteiger partial charge in [0.05, 0.1) is 17.6 Å². The summed E-state index contributed by atoms with van der Waals surface area (Å²) in [6.07, 6.45) is 0. The molecule has 0 atom stereocenters. The Balaban J connectivity index is 1.71. The minimum Gasteiger partial charge on any atom is -0.324 e. The molecule has 4 rings (SSSR count). The van der Waals surface area contributed by atoms with E-state index in [1.54, 1.807) is 6.07 Å². The first-order valence-corrected chi connectivity index (χ1v) is 7.98. The molecule has 0 bridgehead atoms. The van der Waals surface area contributed by atoms with Gasteiger partial charge in [0.25, 0.3) is 0 Å². The number of rotatable bonds is 3. The van der Waals surface area contributed by atoms with Crippen molar-refractivity contribution in [2.75, 3.05) is 0 Å². The van der Waals surface area contributed by atoms with Crippen LogP contribution in [-0.4, -0.2) is 9.55 Å². The van der Waals surface area contributed by atoms with Gasteiger partial charge in [0.15, 0.2) is 0 Å². The van der Waals surface area contributed by atoms with Gasteiger partial charge in [-0.3, -0.25) is 0 Å². The van der Waals surface area contributed by atoms with E-state index < -0.39 is 0 Å². The molecule has 0 amide bonds. The van der Waals surface area contributed by atoms with Crippen molar-refractivity contribution in [1.82, 2.24) is 9.55 Å². The molecule has 118 valence electrons. The molecule has 4 aromatic rings. The van der Waals surface area contributed by atoms with Crippen molar-refractivity contribution in [3.05, 3.63) is 90.0 Å². The van der Waals surface area contributed by atoms with Gasteiger partial charge in [-0.25, -0.2) is 9.37 Å². The lowest BCUT2D eigenvalue weighted by Gasteiger charge is -2.10. The Labute approximate surface area is 140 Å². The van der Waals surface area contributed by atoms with Crippen LogP contribution >= 0.6 is 0 Å². The maximum absolute atomic E-state index is 14.6. The van der Waals surface area contributed by atoms with Crippen LogP contribution in [0.25, 0.3) is 22.2 Å². The summed E-state index contributed by atoms with van der Waals surface area (Å²) >= 11 is 0. The molecule has 1 heterocycles. The van der Waals surface area contributed by atoms with Crippen LogP contribution in [0.15, 0.2) is 72.8 Å². The molecule has 24 heavy (non-hydrogen) atoms. The molecule has 2 nitrogen and oxygen atoms in total. The summed E-state index contributed by atoms with van der Waals surface area (Å²) in [5.41, 5.74) is 4.55. The Morgan fingerprint density at radius 3 is 2.42 bits per heavy atom. The van der Waals surface area contributed by atoms with Crippen LogP contribution in [-0.2, 0) is 6.54 Å². The highest BCUT2D eigenvalue weighted by atomic mass is 19.1. The predicted molar refractivity (Wildman–Crippen MR) is 95.4 cm³/mol. The molecule has 3 heteroatoms.